The summed E-state index contributed by atoms with van der Waals surface area (Å²) in [5.74, 6) is -0.425. The van der Waals surface area contributed by atoms with Crippen molar-refractivity contribution in [1.29, 1.82) is 0 Å². The molecule has 0 aromatic heterocycles. The van der Waals surface area contributed by atoms with Crippen LogP contribution in [0.4, 0.5) is 23.7 Å². The first-order valence-electron chi connectivity index (χ1n) is 9.27. The monoisotopic (exact) mass is 434 g/mol. The van der Waals surface area contributed by atoms with Crippen molar-refractivity contribution in [3.8, 4) is 0 Å². The molecule has 0 saturated carbocycles. The van der Waals surface area contributed by atoms with Crippen LogP contribution in [0.1, 0.15) is 26.3 Å². The van der Waals surface area contributed by atoms with Crippen molar-refractivity contribution < 1.29 is 22.8 Å². The normalized spacial score (nSPS) is 15.9. The van der Waals surface area contributed by atoms with Gasteiger partial charge in [0, 0.05) is 38.4 Å². The largest absolute Gasteiger partial charge is 0.417 e. The van der Waals surface area contributed by atoms with Gasteiger partial charge in [-0.15, -0.1) is 0 Å². The number of nitrogens with one attached hydrogen (secondary N) is 2. The van der Waals surface area contributed by atoms with Gasteiger partial charge >= 0.3 is 12.2 Å². The first-order valence-corrected chi connectivity index (χ1v) is 9.65. The fourth-order valence-corrected chi connectivity index (χ4v) is 3.01. The fraction of sp³-hybridized carbons (Fsp3) is 0.579. The van der Waals surface area contributed by atoms with E-state index in [4.69, 9.17) is 11.6 Å². The zero-order valence-corrected chi connectivity index (χ0v) is 17.5. The van der Waals surface area contributed by atoms with E-state index in [0.29, 0.717) is 32.7 Å². The summed E-state index contributed by atoms with van der Waals surface area (Å²) in [5, 5.41) is 4.94. The van der Waals surface area contributed by atoms with Crippen LogP contribution in [-0.4, -0.2) is 61.0 Å². The minimum absolute atomic E-state index is 0.0107. The number of benzene rings is 1. The third kappa shape index (κ3) is 7.40. The topological polar surface area (TPSA) is 64.7 Å². The van der Waals surface area contributed by atoms with Crippen molar-refractivity contribution >= 4 is 29.2 Å². The van der Waals surface area contributed by atoms with Crippen LogP contribution in [0.3, 0.4) is 0 Å². The van der Waals surface area contributed by atoms with Gasteiger partial charge in [-0.3, -0.25) is 9.69 Å². The lowest BCUT2D eigenvalue weighted by Crippen LogP contribution is -2.53. The molecule has 1 aliphatic rings. The highest BCUT2D eigenvalue weighted by atomic mass is 35.5. The second-order valence-electron chi connectivity index (χ2n) is 8.22. The average Bonchev–Trinajstić information content (AvgIpc) is 2.60. The Kier molecular flexibility index (Phi) is 7.40. The molecule has 1 fully saturated rings. The molecule has 1 saturated heterocycles. The quantitative estimate of drug-likeness (QED) is 0.760. The molecule has 29 heavy (non-hydrogen) atoms. The Labute approximate surface area is 173 Å². The fourth-order valence-electron chi connectivity index (χ4n) is 2.79. The Morgan fingerprint density at radius 2 is 1.72 bits per heavy atom. The number of anilines is 1. The van der Waals surface area contributed by atoms with E-state index in [1.165, 1.54) is 6.07 Å². The van der Waals surface area contributed by atoms with Gasteiger partial charge in [-0.25, -0.2) is 4.79 Å². The molecule has 2 N–H and O–H groups in total. The maximum atomic E-state index is 12.9. The van der Waals surface area contributed by atoms with Crippen molar-refractivity contribution in [3.05, 3.63) is 28.8 Å². The Bertz CT molecular complexity index is 742. The van der Waals surface area contributed by atoms with E-state index in [2.05, 4.69) is 10.6 Å². The van der Waals surface area contributed by atoms with E-state index >= 15 is 0 Å². The molecule has 1 aromatic carbocycles. The summed E-state index contributed by atoms with van der Waals surface area (Å²) in [5.41, 5.74) is -0.970. The zero-order chi connectivity index (χ0) is 21.8. The summed E-state index contributed by atoms with van der Waals surface area (Å²) in [7, 11) is 0. The van der Waals surface area contributed by atoms with Crippen LogP contribution in [0, 0.1) is 5.41 Å². The van der Waals surface area contributed by atoms with Gasteiger partial charge in [0.05, 0.1) is 17.1 Å². The summed E-state index contributed by atoms with van der Waals surface area (Å²) in [6, 6.07) is 3.12. The summed E-state index contributed by atoms with van der Waals surface area (Å²) in [6.45, 7) is 8.64. The van der Waals surface area contributed by atoms with Crippen LogP contribution in [0.25, 0.3) is 0 Å². The molecule has 0 aliphatic carbocycles. The van der Waals surface area contributed by atoms with E-state index in [1.54, 1.807) is 4.90 Å². The van der Waals surface area contributed by atoms with Crippen molar-refractivity contribution in [2.75, 3.05) is 44.6 Å². The zero-order valence-electron chi connectivity index (χ0n) is 16.7. The lowest BCUT2D eigenvalue weighted by molar-refractivity contribution is -0.137. The molecule has 0 spiro atoms. The number of amides is 3. The van der Waals surface area contributed by atoms with Crippen molar-refractivity contribution in [2.24, 2.45) is 5.41 Å². The summed E-state index contributed by atoms with van der Waals surface area (Å²) in [4.78, 5) is 27.9. The number of halogens is 4. The molecular weight excluding hydrogens is 409 g/mol. The van der Waals surface area contributed by atoms with E-state index < -0.39 is 22.7 Å². The molecule has 3 amide bonds. The highest BCUT2D eigenvalue weighted by molar-refractivity contribution is 6.31. The number of piperazine rings is 1. The molecule has 1 aromatic rings. The van der Waals surface area contributed by atoms with Crippen LogP contribution in [-0.2, 0) is 11.0 Å². The Morgan fingerprint density at radius 1 is 1.10 bits per heavy atom. The molecule has 1 aliphatic heterocycles. The van der Waals surface area contributed by atoms with Crippen LogP contribution < -0.4 is 10.6 Å². The number of rotatable bonds is 4. The molecule has 10 heteroatoms. The van der Waals surface area contributed by atoms with Gasteiger partial charge in [0.1, 0.15) is 0 Å². The molecule has 0 atom stereocenters. The lowest BCUT2D eigenvalue weighted by Gasteiger charge is -2.34. The second kappa shape index (κ2) is 9.21. The third-order valence-corrected chi connectivity index (χ3v) is 4.68. The molecule has 162 valence electrons. The first kappa shape index (κ1) is 23.3. The number of urea groups is 1. The lowest BCUT2D eigenvalue weighted by atomic mass is 9.97. The molecule has 2 rings (SSSR count). The van der Waals surface area contributed by atoms with Crippen molar-refractivity contribution in [1.82, 2.24) is 15.1 Å². The van der Waals surface area contributed by atoms with Gasteiger partial charge in [0.25, 0.3) is 0 Å². The van der Waals surface area contributed by atoms with E-state index in [0.717, 1.165) is 12.1 Å². The molecule has 0 radical (unpaired) electrons. The number of nitrogens with zero attached hydrogens (tertiary/aromatic N) is 2. The van der Waals surface area contributed by atoms with Gasteiger partial charge in [-0.2, -0.15) is 13.2 Å². The van der Waals surface area contributed by atoms with Crippen LogP contribution in [0.15, 0.2) is 18.2 Å². The van der Waals surface area contributed by atoms with Gasteiger partial charge in [0.15, 0.2) is 0 Å². The predicted octanol–water partition coefficient (Wildman–Crippen LogP) is 3.67. The molecule has 6 nitrogen and oxygen atoms in total. The van der Waals surface area contributed by atoms with E-state index in [9.17, 15) is 22.8 Å². The van der Waals surface area contributed by atoms with E-state index in [1.807, 2.05) is 25.7 Å². The van der Waals surface area contributed by atoms with Crippen LogP contribution in [0.5, 0.6) is 0 Å². The number of carbonyl (C=O) groups excluding carboxylic acids is 2. The van der Waals surface area contributed by atoms with Gasteiger partial charge in [0.2, 0.25) is 5.91 Å². The highest BCUT2D eigenvalue weighted by Crippen LogP contribution is 2.36. The summed E-state index contributed by atoms with van der Waals surface area (Å²) < 4.78 is 38.8. The second-order valence-corrected chi connectivity index (χ2v) is 8.63. The predicted molar refractivity (Wildman–Crippen MR) is 106 cm³/mol. The Morgan fingerprint density at radius 3 is 2.28 bits per heavy atom. The number of alkyl halides is 3. The molecule has 0 bridgehead atoms. The minimum Gasteiger partial charge on any atom is -0.337 e. The first-order chi connectivity index (χ1) is 13.3. The highest BCUT2D eigenvalue weighted by Gasteiger charge is 2.33. The van der Waals surface area contributed by atoms with E-state index in [-0.39, 0.29) is 23.7 Å². The molecule has 1 heterocycles. The minimum atomic E-state index is -4.60. The third-order valence-electron chi connectivity index (χ3n) is 4.35. The van der Waals surface area contributed by atoms with Crippen molar-refractivity contribution in [2.45, 2.75) is 26.9 Å². The number of hydrogen-bond donors (Lipinski definition) is 2. The smallest absolute Gasteiger partial charge is 0.337 e. The van der Waals surface area contributed by atoms with Gasteiger partial charge in [-0.05, 0) is 23.6 Å². The number of hydrogen-bond acceptors (Lipinski definition) is 3. The molecule has 0 unspecified atom stereocenters. The van der Waals surface area contributed by atoms with Gasteiger partial charge < -0.3 is 15.5 Å². The average molecular weight is 435 g/mol. The van der Waals surface area contributed by atoms with Crippen LogP contribution in [0.2, 0.25) is 5.02 Å². The maximum absolute atomic E-state index is 12.9. The standard InChI is InChI=1S/C19H26ClF3N4O2/c1-18(2,3)12-24-17(29)27-8-6-26(7-9-27)11-16(28)25-13-4-5-15(20)14(10-13)19(21,22)23/h4-5,10H,6-9,11-12H2,1-3H3,(H,24,29)(H,25,28). The summed E-state index contributed by atoms with van der Waals surface area (Å²) in [6.07, 6.45) is -4.60. The van der Waals surface area contributed by atoms with Gasteiger partial charge in [-0.1, -0.05) is 32.4 Å². The number of carbonyl (C=O) groups is 2. The Balaban J connectivity index is 1.82. The summed E-state index contributed by atoms with van der Waals surface area (Å²) >= 11 is 5.58. The SMILES string of the molecule is CC(C)(C)CNC(=O)N1CCN(CC(=O)Nc2ccc(Cl)c(C(F)(F)F)c2)CC1. The van der Waals surface area contributed by atoms with Crippen molar-refractivity contribution in [3.63, 3.8) is 0 Å². The Hall–Kier alpha value is -2.00. The maximum Gasteiger partial charge on any atom is 0.417 e. The van der Waals surface area contributed by atoms with Crippen LogP contribution >= 0.6 is 11.6 Å². The molecular formula is C19H26ClF3N4O2.